The Morgan fingerprint density at radius 3 is 2.64 bits per heavy atom. The molecule has 2 N–H and O–H groups in total. The van der Waals surface area contributed by atoms with Crippen molar-refractivity contribution in [2.75, 3.05) is 6.54 Å². The minimum absolute atomic E-state index is 0.560. The lowest BCUT2D eigenvalue weighted by molar-refractivity contribution is -0.0500. The van der Waals surface area contributed by atoms with Gasteiger partial charge in [-0.25, -0.2) is 0 Å². The summed E-state index contributed by atoms with van der Waals surface area (Å²) in [5.74, 6) is 5.55. The first-order valence-electron chi connectivity index (χ1n) is 12.8. The van der Waals surface area contributed by atoms with Crippen molar-refractivity contribution in [1.29, 1.82) is 0 Å². The van der Waals surface area contributed by atoms with E-state index in [0.717, 1.165) is 36.1 Å². The van der Waals surface area contributed by atoms with Crippen LogP contribution in [0.4, 0.5) is 0 Å². The smallest absolute Gasteiger partial charge is 0.00515 e. The molecule has 0 saturated heterocycles. The molecule has 1 unspecified atom stereocenters. The number of hydrogen-bond acceptors (Lipinski definition) is 1. The van der Waals surface area contributed by atoms with Crippen molar-refractivity contribution in [3.8, 4) is 0 Å². The lowest BCUT2D eigenvalue weighted by atomic mass is 9.47. The van der Waals surface area contributed by atoms with Gasteiger partial charge in [-0.2, -0.15) is 0 Å². The first-order valence-corrected chi connectivity index (χ1v) is 12.8. The summed E-state index contributed by atoms with van der Waals surface area (Å²) >= 11 is 0. The summed E-state index contributed by atoms with van der Waals surface area (Å²) in [6, 6.07) is 0. The topological polar surface area (TPSA) is 26.0 Å². The predicted octanol–water partition coefficient (Wildman–Crippen LogP) is 7.36. The molecule has 0 aliphatic heterocycles. The second-order valence-corrected chi connectivity index (χ2v) is 11.9. The second-order valence-electron chi connectivity index (χ2n) is 11.9. The van der Waals surface area contributed by atoms with Crippen LogP contribution in [0, 0.1) is 46.3 Å². The first kappa shape index (κ1) is 21.0. The number of allylic oxidation sites excluding steroid dienone is 2. The molecule has 0 heterocycles. The average molecular weight is 386 g/mol. The fraction of sp³-hybridized carbons (Fsp3) is 0.926. The third kappa shape index (κ3) is 3.42. The van der Waals surface area contributed by atoms with Crippen molar-refractivity contribution < 1.29 is 0 Å². The van der Waals surface area contributed by atoms with E-state index in [4.69, 9.17) is 5.73 Å². The normalized spacial score (nSPS) is 44.8. The maximum Gasteiger partial charge on any atom is -0.00515 e. The first-order chi connectivity index (χ1) is 13.4. The molecule has 0 aromatic heterocycles. The maximum atomic E-state index is 5.83. The van der Waals surface area contributed by atoms with Crippen LogP contribution in [-0.2, 0) is 0 Å². The van der Waals surface area contributed by atoms with Crippen molar-refractivity contribution in [2.45, 2.75) is 105 Å². The Morgan fingerprint density at radius 1 is 1.04 bits per heavy atom. The van der Waals surface area contributed by atoms with Crippen LogP contribution in [0.1, 0.15) is 105 Å². The van der Waals surface area contributed by atoms with E-state index in [1.165, 1.54) is 77.0 Å². The summed E-state index contributed by atoms with van der Waals surface area (Å²) in [5.41, 5.74) is 8.88. The summed E-state index contributed by atoms with van der Waals surface area (Å²) in [6.45, 7) is 11.1. The van der Waals surface area contributed by atoms with Crippen LogP contribution >= 0.6 is 0 Å². The Morgan fingerprint density at radius 2 is 1.86 bits per heavy atom. The number of nitrogens with two attached hydrogens (primary N) is 1. The van der Waals surface area contributed by atoms with E-state index in [2.05, 4.69) is 33.8 Å². The maximum absolute atomic E-state index is 5.83. The molecular formula is C27H47N. The molecule has 28 heavy (non-hydrogen) atoms. The van der Waals surface area contributed by atoms with Crippen LogP contribution in [0.25, 0.3) is 0 Å². The van der Waals surface area contributed by atoms with Crippen molar-refractivity contribution >= 4 is 0 Å². The highest BCUT2D eigenvalue weighted by atomic mass is 14.6. The highest BCUT2D eigenvalue weighted by Gasteiger charge is 2.58. The predicted molar refractivity (Wildman–Crippen MR) is 121 cm³/mol. The molecule has 4 aliphatic carbocycles. The quantitative estimate of drug-likeness (QED) is 0.475. The molecule has 0 spiro atoms. The van der Waals surface area contributed by atoms with E-state index < -0.39 is 0 Å². The Labute approximate surface area is 175 Å². The number of rotatable bonds is 6. The monoisotopic (exact) mass is 385 g/mol. The van der Waals surface area contributed by atoms with Gasteiger partial charge in [-0.05, 0) is 111 Å². The zero-order valence-corrected chi connectivity index (χ0v) is 19.3. The van der Waals surface area contributed by atoms with Crippen LogP contribution in [0.5, 0.6) is 0 Å². The van der Waals surface area contributed by atoms with Crippen LogP contribution in [-0.4, -0.2) is 6.54 Å². The van der Waals surface area contributed by atoms with Crippen molar-refractivity contribution in [3.63, 3.8) is 0 Å². The molecule has 4 rings (SSSR count). The minimum atomic E-state index is 0.560. The van der Waals surface area contributed by atoms with E-state index in [-0.39, 0.29) is 0 Å². The van der Waals surface area contributed by atoms with Gasteiger partial charge in [0.05, 0.1) is 0 Å². The molecule has 0 bridgehead atoms. The molecule has 8 atom stereocenters. The Hall–Kier alpha value is -0.300. The Balaban J connectivity index is 1.45. The van der Waals surface area contributed by atoms with E-state index in [0.29, 0.717) is 16.7 Å². The summed E-state index contributed by atoms with van der Waals surface area (Å²) in [6.07, 6.45) is 20.1. The lowest BCUT2D eigenvalue weighted by Crippen LogP contribution is -2.50. The molecule has 0 amide bonds. The summed E-state index contributed by atoms with van der Waals surface area (Å²) in [7, 11) is 0. The Bertz CT molecular complexity index is 579. The summed E-state index contributed by atoms with van der Waals surface area (Å²) in [4.78, 5) is 0. The molecule has 1 heteroatoms. The summed E-state index contributed by atoms with van der Waals surface area (Å²) in [5, 5.41) is 0. The number of hydrogen-bond donors (Lipinski definition) is 1. The largest absolute Gasteiger partial charge is 0.330 e. The fourth-order valence-electron chi connectivity index (χ4n) is 8.78. The second kappa shape index (κ2) is 8.09. The fourth-order valence-corrected chi connectivity index (χ4v) is 8.78. The van der Waals surface area contributed by atoms with E-state index in [1.807, 2.05) is 5.57 Å². The van der Waals surface area contributed by atoms with Gasteiger partial charge < -0.3 is 5.73 Å². The van der Waals surface area contributed by atoms with Crippen molar-refractivity contribution in [2.24, 2.45) is 52.1 Å². The van der Waals surface area contributed by atoms with E-state index in [1.54, 1.807) is 0 Å². The van der Waals surface area contributed by atoms with Gasteiger partial charge >= 0.3 is 0 Å². The molecule has 0 radical (unpaired) electrons. The lowest BCUT2D eigenvalue weighted by Gasteiger charge is -2.58. The molecule has 0 aromatic rings. The van der Waals surface area contributed by atoms with Crippen molar-refractivity contribution in [3.05, 3.63) is 11.6 Å². The van der Waals surface area contributed by atoms with Gasteiger partial charge in [0.15, 0.2) is 0 Å². The molecule has 3 fully saturated rings. The number of fused-ring (bicyclic) bond motifs is 5. The third-order valence-corrected chi connectivity index (χ3v) is 10.5. The molecule has 1 nitrogen and oxygen atoms in total. The summed E-state index contributed by atoms with van der Waals surface area (Å²) < 4.78 is 0. The van der Waals surface area contributed by atoms with Crippen LogP contribution < -0.4 is 5.73 Å². The van der Waals surface area contributed by atoms with Gasteiger partial charge in [-0.15, -0.1) is 0 Å². The van der Waals surface area contributed by atoms with Gasteiger partial charge in [0.1, 0.15) is 0 Å². The van der Waals surface area contributed by atoms with Crippen LogP contribution in [0.2, 0.25) is 0 Å². The standard InChI is InChI=1S/C27H47N/c1-19(18-28)8-7-9-20(2)23-13-14-24-22-12-11-21-10-5-6-16-26(21,3)25(22)15-17-27(23,24)4/h11,19-20,22-25H,5-10,12-18,28H2,1-4H3/t19?,20-,22+,23-,24+,25+,26+,27-/m1/s1. The molecule has 4 aliphatic rings. The third-order valence-electron chi connectivity index (χ3n) is 10.5. The highest BCUT2D eigenvalue weighted by Crippen LogP contribution is 2.67. The Kier molecular flexibility index (Phi) is 6.05. The van der Waals surface area contributed by atoms with E-state index >= 15 is 0 Å². The minimum Gasteiger partial charge on any atom is -0.330 e. The van der Waals surface area contributed by atoms with Gasteiger partial charge in [-0.1, -0.05) is 58.6 Å². The van der Waals surface area contributed by atoms with Crippen molar-refractivity contribution in [1.82, 2.24) is 0 Å². The van der Waals surface area contributed by atoms with Gasteiger partial charge in [0, 0.05) is 0 Å². The molecule has 3 saturated carbocycles. The SMILES string of the molecule is CC(CN)CCC[C@@H](C)[C@H]1CC[C@H]2[C@@H]3CC=C4CCCC[C@]4(C)[C@H]3CC[C@]12C. The van der Waals surface area contributed by atoms with E-state index in [9.17, 15) is 0 Å². The zero-order valence-electron chi connectivity index (χ0n) is 19.3. The van der Waals surface area contributed by atoms with Gasteiger partial charge in [0.2, 0.25) is 0 Å². The molecular weight excluding hydrogens is 338 g/mol. The van der Waals surface area contributed by atoms with Gasteiger partial charge in [0.25, 0.3) is 0 Å². The molecule has 160 valence electrons. The zero-order chi connectivity index (χ0) is 19.9. The van der Waals surface area contributed by atoms with Gasteiger partial charge in [-0.3, -0.25) is 0 Å². The van der Waals surface area contributed by atoms with Crippen LogP contribution in [0.3, 0.4) is 0 Å². The molecule has 0 aromatic carbocycles. The van der Waals surface area contributed by atoms with Crippen LogP contribution in [0.15, 0.2) is 11.6 Å². The highest BCUT2D eigenvalue weighted by molar-refractivity contribution is 5.24. The average Bonchev–Trinajstić information content (AvgIpc) is 3.04.